The Morgan fingerprint density at radius 2 is 2.15 bits per heavy atom. The van der Waals surface area contributed by atoms with Crippen molar-refractivity contribution >= 4 is 0 Å². The zero-order chi connectivity index (χ0) is 9.15. The van der Waals surface area contributed by atoms with Crippen LogP contribution in [0.25, 0.3) is 0 Å². The van der Waals surface area contributed by atoms with Gasteiger partial charge < -0.3 is 15.2 Å². The van der Waals surface area contributed by atoms with Crippen LogP contribution in [0, 0.1) is 11.3 Å². The van der Waals surface area contributed by atoms with Crippen LogP contribution in [0.3, 0.4) is 0 Å². The highest BCUT2D eigenvalue weighted by atomic mass is 16.5. The van der Waals surface area contributed by atoms with E-state index in [-0.39, 0.29) is 5.41 Å². The van der Waals surface area contributed by atoms with E-state index in [1.165, 1.54) is 0 Å². The van der Waals surface area contributed by atoms with E-state index in [0.717, 1.165) is 45.6 Å². The van der Waals surface area contributed by atoms with Gasteiger partial charge in [0, 0.05) is 25.2 Å². The molecule has 2 fully saturated rings. The predicted molar refractivity (Wildman–Crippen MR) is 50.5 cm³/mol. The number of ether oxygens (including phenoxy) is 1. The first-order valence-electron chi connectivity index (χ1n) is 5.27. The van der Waals surface area contributed by atoms with E-state index < -0.39 is 0 Å². The summed E-state index contributed by atoms with van der Waals surface area (Å²) < 4.78 is 5.35. The summed E-state index contributed by atoms with van der Waals surface area (Å²) in [5, 5.41) is 12.8. The van der Waals surface area contributed by atoms with Gasteiger partial charge in [0.15, 0.2) is 0 Å². The van der Waals surface area contributed by atoms with Crippen molar-refractivity contribution in [3.8, 4) is 0 Å². The van der Waals surface area contributed by atoms with Crippen LogP contribution in [0.5, 0.6) is 0 Å². The lowest BCUT2D eigenvalue weighted by molar-refractivity contribution is -0.00802. The van der Waals surface area contributed by atoms with Crippen LogP contribution < -0.4 is 5.32 Å². The van der Waals surface area contributed by atoms with Gasteiger partial charge in [-0.15, -0.1) is 0 Å². The second kappa shape index (κ2) is 3.95. The van der Waals surface area contributed by atoms with Gasteiger partial charge >= 0.3 is 0 Å². The fraction of sp³-hybridized carbons (Fsp3) is 1.00. The molecule has 0 saturated carbocycles. The van der Waals surface area contributed by atoms with Gasteiger partial charge in [-0.3, -0.25) is 0 Å². The minimum atomic E-state index is 0.170. The third-order valence-corrected chi connectivity index (χ3v) is 3.68. The maximum atomic E-state index is 9.49. The van der Waals surface area contributed by atoms with Crippen LogP contribution in [-0.4, -0.2) is 38.0 Å². The Balaban J connectivity index is 2.01. The summed E-state index contributed by atoms with van der Waals surface area (Å²) >= 11 is 0. The summed E-state index contributed by atoms with van der Waals surface area (Å²) in [6.07, 6.45) is 3.39. The van der Waals surface area contributed by atoms with Crippen LogP contribution in [0.15, 0.2) is 0 Å². The molecule has 0 bridgehead atoms. The molecule has 0 aromatic carbocycles. The first kappa shape index (κ1) is 9.44. The van der Waals surface area contributed by atoms with Crippen molar-refractivity contribution in [3.05, 3.63) is 0 Å². The molecule has 3 nitrogen and oxygen atoms in total. The molecule has 0 aromatic rings. The molecule has 76 valence electrons. The number of rotatable bonds is 2. The third kappa shape index (κ3) is 1.73. The highest BCUT2D eigenvalue weighted by Crippen LogP contribution is 2.39. The molecule has 1 unspecified atom stereocenters. The fourth-order valence-corrected chi connectivity index (χ4v) is 2.69. The molecule has 0 radical (unpaired) electrons. The van der Waals surface area contributed by atoms with Gasteiger partial charge in [0.1, 0.15) is 0 Å². The summed E-state index contributed by atoms with van der Waals surface area (Å²) in [6, 6.07) is 0. The molecule has 2 saturated heterocycles. The van der Waals surface area contributed by atoms with Crippen molar-refractivity contribution in [2.24, 2.45) is 11.3 Å². The van der Waals surface area contributed by atoms with E-state index in [4.69, 9.17) is 4.74 Å². The van der Waals surface area contributed by atoms with E-state index in [9.17, 15) is 5.11 Å². The van der Waals surface area contributed by atoms with Crippen LogP contribution >= 0.6 is 0 Å². The Morgan fingerprint density at radius 1 is 1.38 bits per heavy atom. The molecular weight excluding hydrogens is 166 g/mol. The molecule has 2 aliphatic rings. The minimum absolute atomic E-state index is 0.170. The Morgan fingerprint density at radius 3 is 2.69 bits per heavy atom. The largest absolute Gasteiger partial charge is 0.396 e. The van der Waals surface area contributed by atoms with Crippen molar-refractivity contribution in [2.75, 3.05) is 32.9 Å². The van der Waals surface area contributed by atoms with Gasteiger partial charge in [0.25, 0.3) is 0 Å². The standard InChI is InChI=1S/C10H19NO2/c12-8-10(3-4-11-7-10)9-1-5-13-6-2-9/h9,11-12H,1-8H2. The monoisotopic (exact) mass is 185 g/mol. The van der Waals surface area contributed by atoms with Crippen LogP contribution in [-0.2, 0) is 4.74 Å². The number of aliphatic hydroxyl groups is 1. The highest BCUT2D eigenvalue weighted by Gasteiger charge is 2.41. The molecule has 13 heavy (non-hydrogen) atoms. The molecule has 2 rings (SSSR count). The van der Waals surface area contributed by atoms with Gasteiger partial charge in [0.2, 0.25) is 0 Å². The zero-order valence-corrected chi connectivity index (χ0v) is 8.09. The summed E-state index contributed by atoms with van der Waals surface area (Å²) in [4.78, 5) is 0. The lowest BCUT2D eigenvalue weighted by Gasteiger charge is -2.37. The lowest BCUT2D eigenvalue weighted by atomic mass is 9.71. The molecule has 2 aliphatic heterocycles. The van der Waals surface area contributed by atoms with Crippen molar-refractivity contribution < 1.29 is 9.84 Å². The van der Waals surface area contributed by atoms with Gasteiger partial charge in [-0.1, -0.05) is 0 Å². The van der Waals surface area contributed by atoms with E-state index >= 15 is 0 Å². The Bertz CT molecular complexity index is 160. The van der Waals surface area contributed by atoms with E-state index in [1.54, 1.807) is 0 Å². The molecule has 2 N–H and O–H groups in total. The van der Waals surface area contributed by atoms with E-state index in [0.29, 0.717) is 12.5 Å². The number of aliphatic hydroxyl groups excluding tert-OH is 1. The molecular formula is C10H19NO2. The Hall–Kier alpha value is -0.120. The topological polar surface area (TPSA) is 41.5 Å². The average molecular weight is 185 g/mol. The lowest BCUT2D eigenvalue weighted by Crippen LogP contribution is -2.39. The number of nitrogens with one attached hydrogen (secondary N) is 1. The highest BCUT2D eigenvalue weighted by molar-refractivity contribution is 4.93. The Kier molecular flexibility index (Phi) is 2.86. The SMILES string of the molecule is OCC1(C2CCOCC2)CCNC1. The zero-order valence-electron chi connectivity index (χ0n) is 8.09. The van der Waals surface area contributed by atoms with Crippen molar-refractivity contribution in [3.63, 3.8) is 0 Å². The molecule has 0 aliphatic carbocycles. The normalized spacial score (nSPS) is 36.7. The van der Waals surface area contributed by atoms with Gasteiger partial charge in [-0.2, -0.15) is 0 Å². The van der Waals surface area contributed by atoms with Crippen LogP contribution in [0.1, 0.15) is 19.3 Å². The minimum Gasteiger partial charge on any atom is -0.396 e. The maximum absolute atomic E-state index is 9.49. The van der Waals surface area contributed by atoms with E-state index in [2.05, 4.69) is 5.32 Å². The smallest absolute Gasteiger partial charge is 0.0502 e. The number of hydrogen-bond acceptors (Lipinski definition) is 3. The average Bonchev–Trinajstić information content (AvgIpc) is 2.69. The molecule has 0 spiro atoms. The molecule has 0 aromatic heterocycles. The summed E-state index contributed by atoms with van der Waals surface area (Å²) in [5.74, 6) is 0.668. The van der Waals surface area contributed by atoms with Gasteiger partial charge in [-0.05, 0) is 31.7 Å². The summed E-state index contributed by atoms with van der Waals surface area (Å²) in [6.45, 7) is 4.16. The second-order valence-corrected chi connectivity index (χ2v) is 4.33. The third-order valence-electron chi connectivity index (χ3n) is 3.68. The molecule has 3 heteroatoms. The van der Waals surface area contributed by atoms with Gasteiger partial charge in [0.05, 0.1) is 6.61 Å². The molecule has 2 heterocycles. The van der Waals surface area contributed by atoms with Crippen molar-refractivity contribution in [1.82, 2.24) is 5.32 Å². The Labute approximate surface area is 79.5 Å². The van der Waals surface area contributed by atoms with Crippen molar-refractivity contribution in [2.45, 2.75) is 19.3 Å². The number of hydrogen-bond donors (Lipinski definition) is 2. The van der Waals surface area contributed by atoms with Crippen molar-refractivity contribution in [1.29, 1.82) is 0 Å². The van der Waals surface area contributed by atoms with Crippen LogP contribution in [0.4, 0.5) is 0 Å². The first-order valence-corrected chi connectivity index (χ1v) is 5.27. The maximum Gasteiger partial charge on any atom is 0.0502 e. The van der Waals surface area contributed by atoms with Crippen LogP contribution in [0.2, 0.25) is 0 Å². The molecule has 1 atom stereocenters. The summed E-state index contributed by atoms with van der Waals surface area (Å²) in [7, 11) is 0. The predicted octanol–water partition coefficient (Wildman–Crippen LogP) is 0.385. The van der Waals surface area contributed by atoms with E-state index in [1.807, 2.05) is 0 Å². The fourth-order valence-electron chi connectivity index (χ4n) is 2.69. The van der Waals surface area contributed by atoms with Gasteiger partial charge in [-0.25, -0.2) is 0 Å². The first-order chi connectivity index (χ1) is 6.37. The second-order valence-electron chi connectivity index (χ2n) is 4.33. The quantitative estimate of drug-likeness (QED) is 0.653. The summed E-state index contributed by atoms with van der Waals surface area (Å²) in [5.41, 5.74) is 0.170. The molecule has 0 amide bonds.